The first-order chi connectivity index (χ1) is 16.0. The Morgan fingerprint density at radius 3 is 2.33 bits per heavy atom. The molecule has 1 aliphatic carbocycles. The van der Waals surface area contributed by atoms with Crippen molar-refractivity contribution in [3.8, 4) is 16.9 Å². The largest absolute Gasteiger partial charge is 0.435 e. The summed E-state index contributed by atoms with van der Waals surface area (Å²) in [6.45, 7) is -0.615. The summed E-state index contributed by atoms with van der Waals surface area (Å²) >= 11 is 0. The Bertz CT molecular complexity index is 1040. The summed E-state index contributed by atoms with van der Waals surface area (Å²) < 4.78 is 44.4. The molecule has 0 aliphatic heterocycles. The van der Waals surface area contributed by atoms with Crippen LogP contribution < -0.4 is 4.74 Å². The van der Waals surface area contributed by atoms with Crippen LogP contribution in [0.15, 0.2) is 54.6 Å². The van der Waals surface area contributed by atoms with E-state index in [2.05, 4.69) is 23.8 Å². The van der Waals surface area contributed by atoms with E-state index in [9.17, 15) is 8.78 Å². The van der Waals surface area contributed by atoms with Gasteiger partial charge in [-0.2, -0.15) is 8.78 Å². The van der Waals surface area contributed by atoms with Crippen LogP contribution in [0.25, 0.3) is 21.9 Å². The maximum absolute atomic E-state index is 15.3. The first-order valence-electron chi connectivity index (χ1n) is 12.3. The van der Waals surface area contributed by atoms with E-state index in [1.807, 2.05) is 12.1 Å². The second-order valence-electron chi connectivity index (χ2n) is 9.38. The summed E-state index contributed by atoms with van der Waals surface area (Å²) in [5.41, 5.74) is 2.41. The smallest absolute Gasteiger partial charge is 0.387 e. The third-order valence-electron chi connectivity index (χ3n) is 7.15. The van der Waals surface area contributed by atoms with Crippen LogP contribution >= 0.6 is 0 Å². The Morgan fingerprint density at radius 2 is 1.64 bits per heavy atom. The topological polar surface area (TPSA) is 9.23 Å². The van der Waals surface area contributed by atoms with Gasteiger partial charge in [-0.05, 0) is 66.2 Å². The van der Waals surface area contributed by atoms with E-state index in [0.29, 0.717) is 22.4 Å². The molecule has 3 aromatic rings. The Morgan fingerprint density at radius 1 is 0.879 bits per heavy atom. The number of rotatable bonds is 9. The molecule has 1 saturated carbocycles. The number of benzene rings is 3. The molecule has 0 N–H and O–H groups in total. The van der Waals surface area contributed by atoms with Crippen LogP contribution in [0.2, 0.25) is 0 Å². The molecule has 4 rings (SSSR count). The van der Waals surface area contributed by atoms with Gasteiger partial charge in [0.1, 0.15) is 11.6 Å². The maximum Gasteiger partial charge on any atom is 0.387 e. The third-order valence-corrected chi connectivity index (χ3v) is 7.15. The molecule has 0 heterocycles. The van der Waals surface area contributed by atoms with Crippen LogP contribution in [0, 0.1) is 11.7 Å². The molecule has 1 nitrogen and oxygen atoms in total. The van der Waals surface area contributed by atoms with Gasteiger partial charge in [-0.1, -0.05) is 81.5 Å². The van der Waals surface area contributed by atoms with Gasteiger partial charge in [0.2, 0.25) is 0 Å². The van der Waals surface area contributed by atoms with Crippen LogP contribution in [-0.4, -0.2) is 6.61 Å². The number of unbranched alkanes of at least 4 members (excludes halogenated alkanes) is 3. The zero-order valence-corrected chi connectivity index (χ0v) is 19.3. The first kappa shape index (κ1) is 23.7. The van der Waals surface area contributed by atoms with Crippen LogP contribution in [0.1, 0.15) is 76.2 Å². The molecule has 1 fully saturated rings. The minimum absolute atomic E-state index is 0.0651. The lowest BCUT2D eigenvalue weighted by Crippen LogP contribution is -2.13. The number of halogens is 3. The fraction of sp³-hybridized carbons (Fsp3) is 0.448. The van der Waals surface area contributed by atoms with Gasteiger partial charge < -0.3 is 4.74 Å². The predicted molar refractivity (Wildman–Crippen MR) is 129 cm³/mol. The summed E-state index contributed by atoms with van der Waals surface area (Å²) in [7, 11) is 0. The molecule has 0 atom stereocenters. The van der Waals surface area contributed by atoms with Gasteiger partial charge in [0.15, 0.2) is 0 Å². The van der Waals surface area contributed by atoms with Crippen molar-refractivity contribution in [1.82, 2.24) is 0 Å². The highest BCUT2D eigenvalue weighted by molar-refractivity contribution is 5.89. The lowest BCUT2D eigenvalue weighted by molar-refractivity contribution is -0.0498. The van der Waals surface area contributed by atoms with Gasteiger partial charge in [0.25, 0.3) is 0 Å². The average Bonchev–Trinajstić information content (AvgIpc) is 2.83. The van der Waals surface area contributed by atoms with Crippen LogP contribution in [0.5, 0.6) is 5.75 Å². The highest BCUT2D eigenvalue weighted by Gasteiger charge is 2.22. The number of hydrogen-bond acceptors (Lipinski definition) is 1. The van der Waals surface area contributed by atoms with E-state index < -0.39 is 6.61 Å². The van der Waals surface area contributed by atoms with Crippen molar-refractivity contribution in [3.05, 3.63) is 66.0 Å². The van der Waals surface area contributed by atoms with Crippen LogP contribution in [0.4, 0.5) is 13.2 Å². The highest BCUT2D eigenvalue weighted by atomic mass is 19.3. The Hall–Kier alpha value is -2.49. The lowest BCUT2D eigenvalue weighted by atomic mass is 9.76. The number of hydrogen-bond donors (Lipinski definition) is 0. The van der Waals surface area contributed by atoms with E-state index >= 15 is 4.39 Å². The first-order valence-corrected chi connectivity index (χ1v) is 12.3. The minimum Gasteiger partial charge on any atom is -0.435 e. The summed E-state index contributed by atoms with van der Waals surface area (Å²) in [6.07, 6.45) is 11.8. The molecule has 0 aromatic heterocycles. The van der Waals surface area contributed by atoms with Gasteiger partial charge in [-0.3, -0.25) is 0 Å². The molecule has 1 aliphatic rings. The molecule has 3 aromatic carbocycles. The molecule has 176 valence electrons. The maximum atomic E-state index is 15.3. The molecule has 0 amide bonds. The summed E-state index contributed by atoms with van der Waals surface area (Å²) in [6, 6.07) is 16.0. The van der Waals surface area contributed by atoms with Gasteiger partial charge in [-0.15, -0.1) is 0 Å². The van der Waals surface area contributed by atoms with Crippen LogP contribution in [-0.2, 0) is 0 Å². The molecule has 0 bridgehead atoms. The van der Waals surface area contributed by atoms with Gasteiger partial charge in [0.05, 0.1) is 0 Å². The molecule has 4 heteroatoms. The lowest BCUT2D eigenvalue weighted by Gasteiger charge is -2.29. The van der Waals surface area contributed by atoms with Crippen molar-refractivity contribution >= 4 is 10.8 Å². The van der Waals surface area contributed by atoms with E-state index in [0.717, 1.165) is 11.3 Å². The quantitative estimate of drug-likeness (QED) is 0.293. The molecule has 0 radical (unpaired) electrons. The van der Waals surface area contributed by atoms with Crippen molar-refractivity contribution in [2.24, 2.45) is 5.92 Å². The Balaban J connectivity index is 1.44. The van der Waals surface area contributed by atoms with Crippen molar-refractivity contribution in [1.29, 1.82) is 0 Å². The molecular weight excluding hydrogens is 421 g/mol. The second-order valence-corrected chi connectivity index (χ2v) is 9.38. The van der Waals surface area contributed by atoms with Gasteiger partial charge in [0, 0.05) is 10.9 Å². The van der Waals surface area contributed by atoms with Gasteiger partial charge >= 0.3 is 6.61 Å². The standard InChI is InChI=1S/C29H33F3O/c1-2-3-4-5-6-20-7-9-21(10-8-20)23-13-17-27-24(19-23)14-18-26(28(27)30)22-11-15-25(16-12-22)33-29(31)32/h11-21,29H,2-10H2,1H3/t20-,21-. The third kappa shape index (κ3) is 5.90. The van der Waals surface area contributed by atoms with Crippen molar-refractivity contribution in [2.75, 3.05) is 0 Å². The van der Waals surface area contributed by atoms with Crippen LogP contribution in [0.3, 0.4) is 0 Å². The van der Waals surface area contributed by atoms with Gasteiger partial charge in [-0.25, -0.2) is 4.39 Å². The second kappa shape index (κ2) is 11.1. The molecule has 0 unspecified atom stereocenters. The monoisotopic (exact) mass is 454 g/mol. The number of ether oxygens (including phenoxy) is 1. The zero-order chi connectivity index (χ0) is 23.2. The van der Waals surface area contributed by atoms with E-state index in [-0.39, 0.29) is 11.6 Å². The zero-order valence-electron chi connectivity index (χ0n) is 19.3. The van der Waals surface area contributed by atoms with Crippen molar-refractivity contribution < 1.29 is 17.9 Å². The molecule has 33 heavy (non-hydrogen) atoms. The molecule has 0 saturated heterocycles. The highest BCUT2D eigenvalue weighted by Crippen LogP contribution is 2.39. The summed E-state index contributed by atoms with van der Waals surface area (Å²) in [5.74, 6) is 1.22. The Kier molecular flexibility index (Phi) is 7.95. The number of alkyl halides is 2. The van der Waals surface area contributed by atoms with E-state index in [1.165, 1.54) is 75.5 Å². The van der Waals surface area contributed by atoms with E-state index in [1.54, 1.807) is 18.2 Å². The minimum atomic E-state index is -2.87. The Labute approximate surface area is 195 Å². The fourth-order valence-corrected chi connectivity index (χ4v) is 5.25. The normalized spacial score (nSPS) is 18.7. The van der Waals surface area contributed by atoms with E-state index in [4.69, 9.17) is 0 Å². The summed E-state index contributed by atoms with van der Waals surface area (Å²) in [4.78, 5) is 0. The SMILES string of the molecule is CCCCCC[C@H]1CC[C@H](c2ccc3c(F)c(-c4ccc(OC(F)F)cc4)ccc3c2)CC1. The predicted octanol–water partition coefficient (Wildman–Crippen LogP) is 9.49. The van der Waals surface area contributed by atoms with Crippen molar-refractivity contribution in [2.45, 2.75) is 77.2 Å². The molecule has 0 spiro atoms. The number of fused-ring (bicyclic) bond motifs is 1. The van der Waals surface area contributed by atoms with Crippen molar-refractivity contribution in [3.63, 3.8) is 0 Å². The average molecular weight is 455 g/mol. The summed E-state index contributed by atoms with van der Waals surface area (Å²) in [5, 5.41) is 1.50. The fourth-order valence-electron chi connectivity index (χ4n) is 5.25. The molecular formula is C29H33F3O.